The molecule has 1 fully saturated rings. The van der Waals surface area contributed by atoms with E-state index in [0.717, 1.165) is 49.9 Å². The Bertz CT molecular complexity index is 1130. The number of piperazine rings is 1. The Labute approximate surface area is 173 Å². The lowest BCUT2D eigenvalue weighted by Crippen LogP contribution is -2.47. The van der Waals surface area contributed by atoms with Crippen LogP contribution in [-0.4, -0.2) is 55.6 Å². The molecule has 0 aliphatic carbocycles. The van der Waals surface area contributed by atoms with Gasteiger partial charge in [-0.15, -0.1) is 11.3 Å². The summed E-state index contributed by atoms with van der Waals surface area (Å²) in [6.07, 6.45) is 1.58. The van der Waals surface area contributed by atoms with Crippen LogP contribution in [0.5, 0.6) is 0 Å². The molecule has 5 rings (SSSR count). The first-order valence-corrected chi connectivity index (χ1v) is 10.7. The Morgan fingerprint density at radius 1 is 1.00 bits per heavy atom. The summed E-state index contributed by atoms with van der Waals surface area (Å²) in [6.45, 7) is 8.96. The summed E-state index contributed by atoms with van der Waals surface area (Å²) in [5, 5.41) is 7.72. The largest absolute Gasteiger partial charge is 0.354 e. The minimum Gasteiger partial charge on any atom is -0.354 e. The molecule has 0 atom stereocenters. The maximum absolute atomic E-state index is 4.84. The molecular weight excluding hydrogens is 382 g/mol. The normalized spacial score (nSPS) is 15.3. The van der Waals surface area contributed by atoms with Crippen molar-refractivity contribution in [2.24, 2.45) is 0 Å². The fourth-order valence-electron chi connectivity index (χ4n) is 3.82. The number of fused-ring (bicyclic) bond motifs is 1. The van der Waals surface area contributed by atoms with E-state index in [-0.39, 0.29) is 0 Å². The highest BCUT2D eigenvalue weighted by atomic mass is 32.1. The van der Waals surface area contributed by atoms with E-state index >= 15 is 0 Å². The van der Waals surface area contributed by atoms with Gasteiger partial charge in [-0.1, -0.05) is 30.3 Å². The summed E-state index contributed by atoms with van der Waals surface area (Å²) >= 11 is 1.75. The number of hydrogen-bond donors (Lipinski definition) is 0. The number of aryl methyl sites for hydroxylation is 1. The molecular formula is C21H23N7S. The van der Waals surface area contributed by atoms with Crippen LogP contribution in [0.1, 0.15) is 16.3 Å². The van der Waals surface area contributed by atoms with Crippen LogP contribution >= 0.6 is 11.3 Å². The molecule has 0 radical (unpaired) electrons. The second-order valence-electron chi connectivity index (χ2n) is 7.37. The number of hydrogen-bond acceptors (Lipinski definition) is 7. The van der Waals surface area contributed by atoms with E-state index in [9.17, 15) is 0 Å². The van der Waals surface area contributed by atoms with E-state index < -0.39 is 0 Å². The monoisotopic (exact) mass is 405 g/mol. The zero-order valence-corrected chi connectivity index (χ0v) is 17.4. The first-order chi connectivity index (χ1) is 14.2. The molecule has 0 spiro atoms. The van der Waals surface area contributed by atoms with Crippen molar-refractivity contribution >= 4 is 22.9 Å². The van der Waals surface area contributed by atoms with Gasteiger partial charge in [0.15, 0.2) is 0 Å². The highest BCUT2D eigenvalue weighted by Crippen LogP contribution is 2.25. The fourth-order valence-corrected chi connectivity index (χ4v) is 4.67. The van der Waals surface area contributed by atoms with Crippen LogP contribution in [0, 0.1) is 13.8 Å². The minimum absolute atomic E-state index is 0.668. The average molecular weight is 406 g/mol. The minimum atomic E-state index is 0.668. The molecule has 0 unspecified atom stereocenters. The smallest absolute Gasteiger partial charge is 0.254 e. The standard InChI is InChI=1S/C21H23N7S/c1-15-16(2)24-21-22-14-23-28(21)20(15)27-10-8-26(9-11-27)12-19-25-18(13-29-19)17-6-4-3-5-7-17/h3-7,13-14H,8-12H2,1-2H3. The molecule has 148 valence electrons. The summed E-state index contributed by atoms with van der Waals surface area (Å²) in [4.78, 5) is 18.5. The van der Waals surface area contributed by atoms with Crippen molar-refractivity contribution in [3.63, 3.8) is 0 Å². The van der Waals surface area contributed by atoms with Crippen molar-refractivity contribution in [2.45, 2.75) is 20.4 Å². The lowest BCUT2D eigenvalue weighted by Gasteiger charge is -2.36. The SMILES string of the molecule is Cc1nc2ncnn2c(N2CCN(Cc3nc(-c4ccccc4)cs3)CC2)c1C. The van der Waals surface area contributed by atoms with Crippen LogP contribution in [0.25, 0.3) is 17.0 Å². The molecule has 3 aromatic heterocycles. The van der Waals surface area contributed by atoms with Crippen molar-refractivity contribution in [1.29, 1.82) is 0 Å². The van der Waals surface area contributed by atoms with Gasteiger partial charge in [-0.2, -0.15) is 14.6 Å². The van der Waals surface area contributed by atoms with E-state index in [2.05, 4.69) is 61.4 Å². The van der Waals surface area contributed by atoms with Gasteiger partial charge in [-0.25, -0.2) is 9.97 Å². The summed E-state index contributed by atoms with van der Waals surface area (Å²) in [6, 6.07) is 10.4. The van der Waals surface area contributed by atoms with Gasteiger partial charge < -0.3 is 4.90 Å². The molecule has 1 aliphatic rings. The predicted octanol–water partition coefficient (Wildman–Crippen LogP) is 3.19. The number of rotatable bonds is 4. The number of nitrogens with zero attached hydrogens (tertiary/aromatic N) is 7. The molecule has 1 aliphatic heterocycles. The lowest BCUT2D eigenvalue weighted by atomic mass is 10.2. The maximum Gasteiger partial charge on any atom is 0.254 e. The molecule has 0 N–H and O–H groups in total. The molecule has 1 aromatic carbocycles. The molecule has 0 saturated carbocycles. The van der Waals surface area contributed by atoms with E-state index in [4.69, 9.17) is 4.98 Å². The van der Waals surface area contributed by atoms with Gasteiger partial charge in [-0.3, -0.25) is 4.90 Å². The van der Waals surface area contributed by atoms with Gasteiger partial charge in [0.2, 0.25) is 0 Å². The van der Waals surface area contributed by atoms with Crippen LogP contribution < -0.4 is 4.90 Å². The zero-order valence-electron chi connectivity index (χ0n) is 16.6. The van der Waals surface area contributed by atoms with Crippen LogP contribution in [0.15, 0.2) is 42.0 Å². The van der Waals surface area contributed by atoms with Crippen LogP contribution in [-0.2, 0) is 6.54 Å². The average Bonchev–Trinajstić information content (AvgIpc) is 3.40. The van der Waals surface area contributed by atoms with Crippen molar-refractivity contribution in [3.05, 3.63) is 58.3 Å². The van der Waals surface area contributed by atoms with E-state index in [1.807, 2.05) is 17.5 Å². The van der Waals surface area contributed by atoms with Crippen LogP contribution in [0.2, 0.25) is 0 Å². The topological polar surface area (TPSA) is 62.5 Å². The van der Waals surface area contributed by atoms with E-state index in [1.54, 1.807) is 17.7 Å². The summed E-state index contributed by atoms with van der Waals surface area (Å²) < 4.78 is 1.87. The molecule has 7 nitrogen and oxygen atoms in total. The number of benzene rings is 1. The van der Waals surface area contributed by atoms with Crippen molar-refractivity contribution in [1.82, 2.24) is 29.5 Å². The Morgan fingerprint density at radius 3 is 2.59 bits per heavy atom. The lowest BCUT2D eigenvalue weighted by molar-refractivity contribution is 0.248. The van der Waals surface area contributed by atoms with Gasteiger partial charge in [0.25, 0.3) is 5.78 Å². The third-order valence-electron chi connectivity index (χ3n) is 5.53. The summed E-state index contributed by atoms with van der Waals surface area (Å²) in [5.74, 6) is 1.78. The Hall–Kier alpha value is -2.84. The quantitative estimate of drug-likeness (QED) is 0.520. The highest BCUT2D eigenvalue weighted by Gasteiger charge is 2.23. The van der Waals surface area contributed by atoms with Crippen LogP contribution in [0.4, 0.5) is 5.82 Å². The third kappa shape index (κ3) is 3.49. The van der Waals surface area contributed by atoms with E-state index in [0.29, 0.717) is 5.78 Å². The fraction of sp³-hybridized carbons (Fsp3) is 0.333. The highest BCUT2D eigenvalue weighted by molar-refractivity contribution is 7.09. The summed E-state index contributed by atoms with van der Waals surface area (Å²) in [5.41, 5.74) is 4.43. The van der Waals surface area contributed by atoms with Crippen molar-refractivity contribution in [2.75, 3.05) is 31.1 Å². The van der Waals surface area contributed by atoms with Gasteiger partial charge >= 0.3 is 0 Å². The van der Waals surface area contributed by atoms with Crippen molar-refractivity contribution < 1.29 is 0 Å². The van der Waals surface area contributed by atoms with E-state index in [1.165, 1.54) is 16.1 Å². The summed E-state index contributed by atoms with van der Waals surface area (Å²) in [7, 11) is 0. The Morgan fingerprint density at radius 2 is 1.79 bits per heavy atom. The second-order valence-corrected chi connectivity index (χ2v) is 8.32. The Balaban J connectivity index is 1.28. The molecule has 0 bridgehead atoms. The van der Waals surface area contributed by atoms with Crippen molar-refractivity contribution in [3.8, 4) is 11.3 Å². The first-order valence-electron chi connectivity index (χ1n) is 9.83. The molecule has 29 heavy (non-hydrogen) atoms. The first kappa shape index (κ1) is 18.2. The van der Waals surface area contributed by atoms with Gasteiger partial charge in [-0.05, 0) is 13.8 Å². The molecule has 4 aromatic rings. The number of thiazole rings is 1. The number of aromatic nitrogens is 5. The predicted molar refractivity (Wildman–Crippen MR) is 115 cm³/mol. The molecule has 4 heterocycles. The third-order valence-corrected chi connectivity index (χ3v) is 6.36. The van der Waals surface area contributed by atoms with Gasteiger partial charge in [0.05, 0.1) is 12.2 Å². The van der Waals surface area contributed by atoms with Gasteiger partial charge in [0.1, 0.15) is 17.2 Å². The molecule has 0 amide bonds. The maximum atomic E-state index is 4.84. The van der Waals surface area contributed by atoms with Gasteiger partial charge in [0, 0.05) is 48.4 Å². The molecule has 1 saturated heterocycles. The Kier molecular flexibility index (Phi) is 4.73. The van der Waals surface area contributed by atoms with Crippen LogP contribution in [0.3, 0.4) is 0 Å². The zero-order chi connectivity index (χ0) is 19.8. The second kappa shape index (κ2) is 7.53. The number of anilines is 1. The molecule has 8 heteroatoms.